The molecule has 0 saturated carbocycles. The molecule has 1 aliphatic rings. The van der Waals surface area contributed by atoms with Gasteiger partial charge < -0.3 is 10.6 Å². The van der Waals surface area contributed by atoms with Crippen molar-refractivity contribution in [2.45, 2.75) is 13.3 Å². The molecule has 1 saturated heterocycles. The Morgan fingerprint density at radius 1 is 1.56 bits per heavy atom. The second kappa shape index (κ2) is 4.73. The van der Waals surface area contributed by atoms with E-state index in [1.165, 1.54) is 6.07 Å². The van der Waals surface area contributed by atoms with Crippen molar-refractivity contribution < 1.29 is 9.72 Å². The number of carbonyl (C=O) groups excluding carboxylic acids is 1. The minimum Gasteiger partial charge on any atom is -0.330 e. The van der Waals surface area contributed by atoms with Gasteiger partial charge in [0.2, 0.25) is 5.91 Å². The van der Waals surface area contributed by atoms with E-state index in [4.69, 9.17) is 5.73 Å². The summed E-state index contributed by atoms with van der Waals surface area (Å²) in [6.45, 7) is 2.66. The summed E-state index contributed by atoms with van der Waals surface area (Å²) in [5, 5.41) is 10.9. The van der Waals surface area contributed by atoms with E-state index in [1.807, 2.05) is 0 Å². The van der Waals surface area contributed by atoms with E-state index in [0.717, 1.165) is 0 Å². The number of carbonyl (C=O) groups is 1. The number of rotatable bonds is 3. The van der Waals surface area contributed by atoms with Gasteiger partial charge in [0.1, 0.15) is 0 Å². The van der Waals surface area contributed by atoms with Crippen LogP contribution >= 0.6 is 0 Å². The molecule has 2 N–H and O–H groups in total. The smallest absolute Gasteiger partial charge is 0.274 e. The molecule has 1 fully saturated rings. The lowest BCUT2D eigenvalue weighted by molar-refractivity contribution is -0.385. The molecule has 96 valence electrons. The fraction of sp³-hybridized carbons (Fsp3) is 0.417. The lowest BCUT2D eigenvalue weighted by Crippen LogP contribution is -2.26. The zero-order chi connectivity index (χ0) is 13.3. The van der Waals surface area contributed by atoms with Crippen molar-refractivity contribution in [3.05, 3.63) is 33.9 Å². The summed E-state index contributed by atoms with van der Waals surface area (Å²) in [6.07, 6.45) is 0.415. The Morgan fingerprint density at radius 3 is 2.83 bits per heavy atom. The van der Waals surface area contributed by atoms with Crippen LogP contribution in [0.25, 0.3) is 0 Å². The molecule has 18 heavy (non-hydrogen) atoms. The standard InChI is InChI=1S/C12H15N3O3/c1-8-10(3-2-4-11(8)15(17)18)14-7-9(6-13)5-12(14)16/h2-4,9H,5-7,13H2,1H3. The summed E-state index contributed by atoms with van der Waals surface area (Å²) in [4.78, 5) is 23.9. The highest BCUT2D eigenvalue weighted by atomic mass is 16.6. The lowest BCUT2D eigenvalue weighted by Gasteiger charge is -2.18. The Kier molecular flexibility index (Phi) is 3.29. The van der Waals surface area contributed by atoms with E-state index in [0.29, 0.717) is 30.8 Å². The second-order valence-electron chi connectivity index (χ2n) is 4.49. The van der Waals surface area contributed by atoms with Crippen LogP contribution in [-0.4, -0.2) is 23.9 Å². The topological polar surface area (TPSA) is 89.5 Å². The van der Waals surface area contributed by atoms with E-state index >= 15 is 0 Å². The number of nitro benzene ring substituents is 1. The Morgan fingerprint density at radius 2 is 2.28 bits per heavy atom. The molecule has 0 aliphatic carbocycles. The third-order valence-electron chi connectivity index (χ3n) is 3.30. The predicted octanol–water partition coefficient (Wildman–Crippen LogP) is 1.21. The van der Waals surface area contributed by atoms with E-state index in [1.54, 1.807) is 24.0 Å². The maximum absolute atomic E-state index is 11.9. The van der Waals surface area contributed by atoms with Gasteiger partial charge in [-0.05, 0) is 25.5 Å². The maximum atomic E-state index is 11.9. The van der Waals surface area contributed by atoms with Gasteiger partial charge in [-0.2, -0.15) is 0 Å². The van der Waals surface area contributed by atoms with Crippen molar-refractivity contribution in [1.29, 1.82) is 0 Å². The van der Waals surface area contributed by atoms with Crippen molar-refractivity contribution in [3.63, 3.8) is 0 Å². The Hall–Kier alpha value is -1.95. The second-order valence-corrected chi connectivity index (χ2v) is 4.49. The summed E-state index contributed by atoms with van der Waals surface area (Å²) in [6, 6.07) is 4.78. The molecule has 0 aromatic heterocycles. The molecule has 0 radical (unpaired) electrons. The van der Waals surface area contributed by atoms with E-state index in [9.17, 15) is 14.9 Å². The normalized spacial score (nSPS) is 19.3. The third kappa shape index (κ3) is 2.06. The average Bonchev–Trinajstić information content (AvgIpc) is 2.70. The fourth-order valence-corrected chi connectivity index (χ4v) is 2.27. The third-order valence-corrected chi connectivity index (χ3v) is 3.30. The number of amides is 1. The van der Waals surface area contributed by atoms with Crippen molar-refractivity contribution in [3.8, 4) is 0 Å². The Labute approximate surface area is 105 Å². The van der Waals surface area contributed by atoms with Gasteiger partial charge >= 0.3 is 0 Å². The number of hydrogen-bond acceptors (Lipinski definition) is 4. The first kappa shape index (κ1) is 12.5. The minimum atomic E-state index is -0.431. The molecule has 1 unspecified atom stereocenters. The summed E-state index contributed by atoms with van der Waals surface area (Å²) in [7, 11) is 0. The molecule has 1 heterocycles. The van der Waals surface area contributed by atoms with Gasteiger partial charge in [-0.1, -0.05) is 6.07 Å². The average molecular weight is 249 g/mol. The number of hydrogen-bond donors (Lipinski definition) is 1. The molecule has 2 rings (SSSR count). The predicted molar refractivity (Wildman–Crippen MR) is 67.3 cm³/mol. The number of nitrogens with zero attached hydrogens (tertiary/aromatic N) is 2. The number of anilines is 1. The van der Waals surface area contributed by atoms with Crippen molar-refractivity contribution >= 4 is 17.3 Å². The molecular weight excluding hydrogens is 234 g/mol. The van der Waals surface area contributed by atoms with Crippen LogP contribution in [0.3, 0.4) is 0 Å². The molecule has 1 amide bonds. The molecular formula is C12H15N3O3. The van der Waals surface area contributed by atoms with Gasteiger partial charge in [-0.25, -0.2) is 0 Å². The van der Waals surface area contributed by atoms with Gasteiger partial charge in [0.05, 0.1) is 16.2 Å². The fourth-order valence-electron chi connectivity index (χ4n) is 2.27. The Bertz CT molecular complexity index is 501. The molecule has 1 aromatic rings. The van der Waals surface area contributed by atoms with E-state index < -0.39 is 4.92 Å². The molecule has 1 aliphatic heterocycles. The quantitative estimate of drug-likeness (QED) is 0.644. The van der Waals surface area contributed by atoms with Crippen LogP contribution in [0.4, 0.5) is 11.4 Å². The minimum absolute atomic E-state index is 0.0194. The van der Waals surface area contributed by atoms with E-state index in [-0.39, 0.29) is 17.5 Å². The van der Waals surface area contributed by atoms with Crippen LogP contribution in [0.5, 0.6) is 0 Å². The van der Waals surface area contributed by atoms with Crippen LogP contribution in [0.1, 0.15) is 12.0 Å². The van der Waals surface area contributed by atoms with Crippen molar-refractivity contribution in [2.75, 3.05) is 18.0 Å². The van der Waals surface area contributed by atoms with Crippen molar-refractivity contribution in [1.82, 2.24) is 0 Å². The number of nitro groups is 1. The van der Waals surface area contributed by atoms with Crippen LogP contribution in [-0.2, 0) is 4.79 Å². The molecule has 0 bridgehead atoms. The van der Waals surface area contributed by atoms with Crippen LogP contribution in [0.15, 0.2) is 18.2 Å². The highest BCUT2D eigenvalue weighted by Gasteiger charge is 2.31. The van der Waals surface area contributed by atoms with Gasteiger partial charge in [0.25, 0.3) is 5.69 Å². The summed E-state index contributed by atoms with van der Waals surface area (Å²) >= 11 is 0. The Balaban J connectivity index is 2.37. The largest absolute Gasteiger partial charge is 0.330 e. The molecule has 6 heteroatoms. The SMILES string of the molecule is Cc1c(N2CC(CN)CC2=O)cccc1[N+](=O)[O-]. The zero-order valence-corrected chi connectivity index (χ0v) is 10.1. The number of nitrogens with two attached hydrogens (primary N) is 1. The zero-order valence-electron chi connectivity index (χ0n) is 10.1. The van der Waals surface area contributed by atoms with Gasteiger partial charge in [-0.15, -0.1) is 0 Å². The molecule has 1 atom stereocenters. The summed E-state index contributed by atoms with van der Waals surface area (Å²) < 4.78 is 0. The summed E-state index contributed by atoms with van der Waals surface area (Å²) in [5.74, 6) is 0.116. The molecule has 1 aromatic carbocycles. The van der Waals surface area contributed by atoms with E-state index in [2.05, 4.69) is 0 Å². The highest BCUT2D eigenvalue weighted by molar-refractivity contribution is 5.96. The monoisotopic (exact) mass is 249 g/mol. The maximum Gasteiger partial charge on any atom is 0.274 e. The van der Waals surface area contributed by atoms with Crippen LogP contribution in [0.2, 0.25) is 0 Å². The van der Waals surface area contributed by atoms with Gasteiger partial charge in [0, 0.05) is 19.0 Å². The van der Waals surface area contributed by atoms with Crippen molar-refractivity contribution in [2.24, 2.45) is 11.7 Å². The highest BCUT2D eigenvalue weighted by Crippen LogP contribution is 2.32. The first-order valence-corrected chi connectivity index (χ1v) is 5.79. The van der Waals surface area contributed by atoms with Gasteiger partial charge in [0.15, 0.2) is 0 Å². The van der Waals surface area contributed by atoms with Crippen LogP contribution < -0.4 is 10.6 Å². The van der Waals surface area contributed by atoms with Crippen LogP contribution in [0, 0.1) is 23.0 Å². The lowest BCUT2D eigenvalue weighted by atomic mass is 10.1. The van der Waals surface area contributed by atoms with Gasteiger partial charge in [-0.3, -0.25) is 14.9 Å². The first-order valence-electron chi connectivity index (χ1n) is 5.79. The summed E-state index contributed by atoms with van der Waals surface area (Å²) in [5.41, 5.74) is 6.74. The number of benzene rings is 1. The molecule has 0 spiro atoms. The molecule has 6 nitrogen and oxygen atoms in total. The first-order chi connectivity index (χ1) is 8.54.